The van der Waals surface area contributed by atoms with Gasteiger partial charge in [-0.15, -0.1) is 12.4 Å². The highest BCUT2D eigenvalue weighted by Gasteiger charge is 2.31. The minimum atomic E-state index is -3.49. The number of aromatic carboxylic acids is 1. The molecule has 1 aliphatic carbocycles. The van der Waals surface area contributed by atoms with Crippen molar-refractivity contribution in [2.24, 2.45) is 0 Å². The van der Waals surface area contributed by atoms with Crippen molar-refractivity contribution in [3.8, 4) is 28.3 Å². The summed E-state index contributed by atoms with van der Waals surface area (Å²) in [7, 11) is -3.49. The number of halogens is 4. The maximum absolute atomic E-state index is 16.0. The van der Waals surface area contributed by atoms with E-state index in [1.54, 1.807) is 48.5 Å². The summed E-state index contributed by atoms with van der Waals surface area (Å²) in [5, 5.41) is 10.4. The summed E-state index contributed by atoms with van der Waals surface area (Å²) in [5.41, 5.74) is 4.27. The number of rotatable bonds is 8. The second-order valence-corrected chi connectivity index (χ2v) is 15.1. The molecule has 1 saturated heterocycles. The topological polar surface area (TPSA) is 102 Å². The van der Waals surface area contributed by atoms with Crippen LogP contribution >= 0.6 is 35.6 Å². The molecule has 0 unspecified atom stereocenters. The molecule has 7 rings (SSSR count). The molecule has 1 N–H and O–H groups in total. The van der Waals surface area contributed by atoms with Crippen LogP contribution in [-0.4, -0.2) is 41.3 Å². The SMILES string of the molecule is Cl.O=C(O)c1ccc2c(c1)nc(-c1ccc(OCc3cc(N4CCCS4(=O)=O)c(Cl)cc3-c3ccc(Cl)cc3)cc1F)n2C1CCCCC1. The summed E-state index contributed by atoms with van der Waals surface area (Å²) in [6.07, 6.45) is 5.62. The smallest absolute Gasteiger partial charge is 0.335 e. The van der Waals surface area contributed by atoms with Gasteiger partial charge in [-0.3, -0.25) is 4.31 Å². The van der Waals surface area contributed by atoms with Gasteiger partial charge in [0, 0.05) is 23.7 Å². The number of carboxylic acid groups (broad SMARTS) is 1. The third kappa shape index (κ3) is 6.97. The number of benzene rings is 4. The van der Waals surface area contributed by atoms with Crippen LogP contribution in [0.15, 0.2) is 72.8 Å². The zero-order chi connectivity index (χ0) is 33.6. The summed E-state index contributed by atoms with van der Waals surface area (Å²) >= 11 is 12.8. The third-order valence-corrected chi connectivity index (χ3v) is 11.6. The summed E-state index contributed by atoms with van der Waals surface area (Å²) < 4.78 is 51.0. The lowest BCUT2D eigenvalue weighted by Crippen LogP contribution is -2.25. The quantitative estimate of drug-likeness (QED) is 0.170. The van der Waals surface area contributed by atoms with Crippen LogP contribution in [0.25, 0.3) is 33.5 Å². The standard InChI is InChI=1S/C36H32Cl2FN3O5S.ClH/c37-25-10-7-22(8-11-25)29-20-30(38)34(41-15-4-16-48(41,45)46)18-24(29)21-47-27-12-13-28(31(39)19-27)35-40-32-17-23(36(43)44)9-14-33(32)42(35)26-5-2-1-3-6-26;/h7-14,17-20,26H,1-6,15-16,21H2,(H,43,44);1H. The Hall–Kier alpha value is -3.83. The zero-order valence-corrected chi connectivity index (χ0v) is 29.4. The molecule has 0 amide bonds. The van der Waals surface area contributed by atoms with E-state index < -0.39 is 21.8 Å². The predicted molar refractivity (Wildman–Crippen MR) is 193 cm³/mol. The van der Waals surface area contributed by atoms with Crippen molar-refractivity contribution in [1.29, 1.82) is 0 Å². The van der Waals surface area contributed by atoms with Gasteiger partial charge in [-0.1, -0.05) is 54.6 Å². The summed E-state index contributed by atoms with van der Waals surface area (Å²) in [5.74, 6) is -0.807. The normalized spacial score (nSPS) is 16.1. The summed E-state index contributed by atoms with van der Waals surface area (Å²) in [6.45, 7) is 0.339. The molecule has 4 aromatic carbocycles. The van der Waals surface area contributed by atoms with Crippen LogP contribution in [-0.2, 0) is 16.6 Å². The monoisotopic (exact) mass is 743 g/mol. The lowest BCUT2D eigenvalue weighted by Gasteiger charge is -2.26. The van der Waals surface area contributed by atoms with Crippen LogP contribution in [0, 0.1) is 5.82 Å². The van der Waals surface area contributed by atoms with Crippen LogP contribution in [0.3, 0.4) is 0 Å². The van der Waals surface area contributed by atoms with Crippen LogP contribution in [0.2, 0.25) is 10.0 Å². The first-order chi connectivity index (χ1) is 23.1. The van der Waals surface area contributed by atoms with Crippen molar-refractivity contribution < 1.29 is 27.4 Å². The highest BCUT2D eigenvalue weighted by atomic mass is 35.5. The number of sulfonamides is 1. The molecule has 1 aromatic heterocycles. The molecule has 2 heterocycles. The van der Waals surface area contributed by atoms with Gasteiger partial charge >= 0.3 is 5.97 Å². The molecule has 0 spiro atoms. The largest absolute Gasteiger partial charge is 0.489 e. The number of aromatic nitrogens is 2. The molecular formula is C36H33Cl3FN3O5S. The van der Waals surface area contributed by atoms with Crippen LogP contribution in [0.4, 0.5) is 10.1 Å². The van der Waals surface area contributed by atoms with E-state index in [-0.39, 0.29) is 47.7 Å². The van der Waals surface area contributed by atoms with E-state index in [1.165, 1.54) is 16.4 Å². The average Bonchev–Trinajstić information content (AvgIpc) is 3.63. The molecule has 1 saturated carbocycles. The Morgan fingerprint density at radius 2 is 1.69 bits per heavy atom. The fraction of sp³-hybridized carbons (Fsp3) is 0.278. The molecule has 13 heteroatoms. The molecule has 0 bridgehead atoms. The van der Waals surface area contributed by atoms with Crippen molar-refractivity contribution in [2.75, 3.05) is 16.6 Å². The number of hydrogen-bond donors (Lipinski definition) is 1. The van der Waals surface area contributed by atoms with Crippen molar-refractivity contribution in [3.63, 3.8) is 0 Å². The number of carboxylic acids is 1. The second kappa shape index (κ2) is 14.2. The Balaban J connectivity index is 0.00000417. The van der Waals surface area contributed by atoms with Gasteiger partial charge in [-0.2, -0.15) is 0 Å². The Labute approximate surface area is 299 Å². The lowest BCUT2D eigenvalue weighted by molar-refractivity contribution is 0.0697. The van der Waals surface area contributed by atoms with Crippen molar-refractivity contribution in [2.45, 2.75) is 51.2 Å². The maximum Gasteiger partial charge on any atom is 0.335 e. The van der Waals surface area contributed by atoms with Crippen molar-refractivity contribution in [3.05, 3.63) is 99.8 Å². The van der Waals surface area contributed by atoms with Gasteiger partial charge in [0.15, 0.2) is 0 Å². The van der Waals surface area contributed by atoms with Gasteiger partial charge < -0.3 is 14.4 Å². The van der Waals surface area contributed by atoms with Crippen LogP contribution in [0.5, 0.6) is 5.75 Å². The first-order valence-corrected chi connectivity index (χ1v) is 18.2. The number of nitrogens with zero attached hydrogens (tertiary/aromatic N) is 3. The number of fused-ring (bicyclic) bond motifs is 1. The average molecular weight is 745 g/mol. The summed E-state index contributed by atoms with van der Waals surface area (Å²) in [4.78, 5) is 16.4. The number of ether oxygens (including phenoxy) is 1. The highest BCUT2D eigenvalue weighted by molar-refractivity contribution is 7.93. The molecule has 1 aliphatic heterocycles. The van der Waals surface area contributed by atoms with Gasteiger partial charge in [0.1, 0.15) is 24.0 Å². The molecule has 2 aliphatic rings. The van der Waals surface area contributed by atoms with E-state index in [1.807, 2.05) is 12.1 Å². The maximum atomic E-state index is 16.0. The molecular weight excluding hydrogens is 712 g/mol. The van der Waals surface area contributed by atoms with Crippen LogP contribution < -0.4 is 9.04 Å². The van der Waals surface area contributed by atoms with E-state index in [0.29, 0.717) is 45.6 Å². The summed E-state index contributed by atoms with van der Waals surface area (Å²) in [6, 6.07) is 20.2. The number of anilines is 1. The second-order valence-electron chi connectivity index (χ2n) is 12.2. The van der Waals surface area contributed by atoms with Gasteiger partial charge in [0.2, 0.25) is 10.0 Å². The molecule has 8 nitrogen and oxygen atoms in total. The first kappa shape index (κ1) is 35.0. The Morgan fingerprint density at radius 1 is 0.939 bits per heavy atom. The number of imidazole rings is 1. The molecule has 0 radical (unpaired) electrons. The van der Waals surface area contributed by atoms with E-state index in [4.69, 9.17) is 32.9 Å². The number of hydrogen-bond acceptors (Lipinski definition) is 5. The zero-order valence-electron chi connectivity index (χ0n) is 26.2. The Bertz CT molecular complexity index is 2150. The van der Waals surface area contributed by atoms with Gasteiger partial charge in [-0.05, 0) is 90.6 Å². The Kier molecular flexibility index (Phi) is 10.1. The fourth-order valence-corrected chi connectivity index (χ4v) is 8.80. The minimum absolute atomic E-state index is 0. The lowest BCUT2D eigenvalue weighted by atomic mass is 9.94. The van der Waals surface area contributed by atoms with Crippen molar-refractivity contribution in [1.82, 2.24) is 9.55 Å². The van der Waals surface area contributed by atoms with Crippen molar-refractivity contribution >= 4 is 68.3 Å². The Morgan fingerprint density at radius 3 is 2.37 bits per heavy atom. The number of carbonyl (C=O) groups is 1. The van der Waals surface area contributed by atoms with E-state index >= 15 is 4.39 Å². The molecule has 256 valence electrons. The van der Waals surface area contributed by atoms with Gasteiger partial charge in [0.25, 0.3) is 0 Å². The molecule has 49 heavy (non-hydrogen) atoms. The minimum Gasteiger partial charge on any atom is -0.489 e. The molecule has 2 fully saturated rings. The van der Waals surface area contributed by atoms with Gasteiger partial charge in [-0.25, -0.2) is 22.6 Å². The van der Waals surface area contributed by atoms with E-state index in [9.17, 15) is 18.3 Å². The van der Waals surface area contributed by atoms with E-state index in [2.05, 4.69) is 4.57 Å². The fourth-order valence-electron chi connectivity index (χ4n) is 6.78. The van der Waals surface area contributed by atoms with Gasteiger partial charge in [0.05, 0.1) is 38.6 Å². The van der Waals surface area contributed by atoms with Crippen LogP contribution in [0.1, 0.15) is 60.5 Å². The first-order valence-electron chi connectivity index (χ1n) is 15.9. The third-order valence-electron chi connectivity index (χ3n) is 9.15. The molecule has 0 atom stereocenters. The highest BCUT2D eigenvalue weighted by Crippen LogP contribution is 2.40. The van der Waals surface area contributed by atoms with E-state index in [0.717, 1.165) is 48.7 Å². The predicted octanol–water partition coefficient (Wildman–Crippen LogP) is 9.56. The molecule has 5 aromatic rings.